The lowest BCUT2D eigenvalue weighted by Crippen LogP contribution is -2.72. The first kappa shape index (κ1) is 26.1. The smallest absolute Gasteiger partial charge is 0.261 e. The van der Waals surface area contributed by atoms with Crippen molar-refractivity contribution in [2.45, 2.75) is 63.7 Å². The molecule has 0 aliphatic heterocycles. The summed E-state index contributed by atoms with van der Waals surface area (Å²) in [6.07, 6.45) is 1.28. The third-order valence-corrected chi connectivity index (χ3v) is 13.7. The number of hydrogen-bond donors (Lipinski definition) is 1. The highest BCUT2D eigenvalue weighted by molar-refractivity contribution is 6.99. The van der Waals surface area contributed by atoms with Gasteiger partial charge in [0.1, 0.15) is 0 Å². The van der Waals surface area contributed by atoms with Gasteiger partial charge in [0.15, 0.2) is 0 Å². The molecule has 3 rings (SSSR count). The van der Waals surface area contributed by atoms with Crippen LogP contribution < -0.4 is 10.4 Å². The van der Waals surface area contributed by atoms with E-state index >= 15 is 0 Å². The fourth-order valence-electron chi connectivity index (χ4n) is 4.94. The lowest BCUT2D eigenvalue weighted by molar-refractivity contribution is -0.146. The van der Waals surface area contributed by atoms with Gasteiger partial charge in [0.2, 0.25) is 0 Å². The number of hydrogen-bond acceptors (Lipinski definition) is 3. The minimum atomic E-state index is -2.70. The molecule has 1 N–H and O–H groups in total. The lowest BCUT2D eigenvalue weighted by Gasteiger charge is -2.54. The molecule has 0 aromatic heterocycles. The van der Waals surface area contributed by atoms with E-state index in [0.717, 1.165) is 12.7 Å². The first-order valence-electron chi connectivity index (χ1n) is 12.2. The van der Waals surface area contributed by atoms with Crippen LogP contribution in [-0.4, -0.2) is 46.9 Å². The van der Waals surface area contributed by atoms with Crippen LogP contribution in [0.3, 0.4) is 0 Å². The number of rotatable bonds is 10. The van der Waals surface area contributed by atoms with E-state index in [1.54, 1.807) is 0 Å². The molecule has 0 unspecified atom stereocenters. The zero-order chi connectivity index (χ0) is 24.3. The molecule has 4 atom stereocenters. The summed E-state index contributed by atoms with van der Waals surface area (Å²) in [7, 11) is -3.85. The predicted octanol–water partition coefficient (Wildman–Crippen LogP) is 5.08. The summed E-state index contributed by atoms with van der Waals surface area (Å²) in [5.41, 5.74) is 0. The molecule has 1 aliphatic carbocycles. The molecule has 3 nitrogen and oxygen atoms in total. The fraction of sp³-hybridized carbons (Fsp3) is 0.500. The van der Waals surface area contributed by atoms with E-state index in [4.69, 9.17) is 9.16 Å². The van der Waals surface area contributed by atoms with Crippen molar-refractivity contribution < 1.29 is 14.3 Å². The first-order chi connectivity index (χ1) is 15.5. The molecule has 1 aliphatic rings. The molecule has 0 heterocycles. The standard InChI is InChI=1S/C28H42O3Si2/c1-8-24-26(29)25(21-30-19-20-32(5,6)7)27(24)31-33(28(2,3)4,22-15-11-9-12-16-22)23-17-13-10-14-18-23/h8-18,24-27,29H,1,19-21H2,2-7H3/t24-,25+,26+,27+/m0/s1. The molecule has 0 spiro atoms. The second-order valence-electron chi connectivity index (χ2n) is 11.6. The number of benzene rings is 2. The Morgan fingerprint density at radius 2 is 1.45 bits per heavy atom. The van der Waals surface area contributed by atoms with E-state index in [2.05, 4.69) is 108 Å². The van der Waals surface area contributed by atoms with Crippen molar-refractivity contribution in [3.05, 3.63) is 73.3 Å². The van der Waals surface area contributed by atoms with Crippen molar-refractivity contribution in [3.63, 3.8) is 0 Å². The van der Waals surface area contributed by atoms with Gasteiger partial charge in [0, 0.05) is 26.5 Å². The minimum absolute atomic E-state index is 0.0451. The predicted molar refractivity (Wildman–Crippen MR) is 145 cm³/mol. The third-order valence-electron chi connectivity index (χ3n) is 6.94. The number of aliphatic hydroxyl groups excluding tert-OH is 1. The summed E-state index contributed by atoms with van der Waals surface area (Å²) in [4.78, 5) is 0. The Labute approximate surface area is 203 Å². The monoisotopic (exact) mass is 482 g/mol. The molecular weight excluding hydrogens is 440 g/mol. The molecule has 2 aromatic rings. The highest BCUT2D eigenvalue weighted by Gasteiger charge is 2.57. The third kappa shape index (κ3) is 5.60. The Kier molecular flexibility index (Phi) is 8.23. The Hall–Kier alpha value is -1.51. The molecule has 33 heavy (non-hydrogen) atoms. The van der Waals surface area contributed by atoms with Gasteiger partial charge < -0.3 is 14.3 Å². The molecule has 1 fully saturated rings. The maximum Gasteiger partial charge on any atom is 0.261 e. The maximum atomic E-state index is 10.9. The molecule has 0 bridgehead atoms. The van der Waals surface area contributed by atoms with Crippen LogP contribution in [0.2, 0.25) is 30.7 Å². The van der Waals surface area contributed by atoms with Gasteiger partial charge in [-0.15, -0.1) is 6.58 Å². The van der Waals surface area contributed by atoms with E-state index in [-0.39, 0.29) is 23.0 Å². The van der Waals surface area contributed by atoms with Crippen molar-refractivity contribution in [1.29, 1.82) is 0 Å². The fourth-order valence-corrected chi connectivity index (χ4v) is 10.5. The van der Waals surface area contributed by atoms with Crippen LogP contribution in [0.4, 0.5) is 0 Å². The van der Waals surface area contributed by atoms with Crippen molar-refractivity contribution in [2.75, 3.05) is 13.2 Å². The van der Waals surface area contributed by atoms with Crippen molar-refractivity contribution in [3.8, 4) is 0 Å². The molecule has 0 saturated heterocycles. The van der Waals surface area contributed by atoms with Gasteiger partial charge in [-0.2, -0.15) is 0 Å². The van der Waals surface area contributed by atoms with Gasteiger partial charge >= 0.3 is 0 Å². The minimum Gasteiger partial charge on any atom is -0.403 e. The molecule has 0 amide bonds. The summed E-state index contributed by atoms with van der Waals surface area (Å²) in [6.45, 7) is 19.2. The molecule has 1 saturated carbocycles. The molecule has 180 valence electrons. The summed E-state index contributed by atoms with van der Waals surface area (Å²) in [5.74, 6) is -0.131. The van der Waals surface area contributed by atoms with Crippen LogP contribution in [0.5, 0.6) is 0 Å². The Bertz CT molecular complexity index is 847. The van der Waals surface area contributed by atoms with E-state index in [1.807, 2.05) is 6.08 Å². The second-order valence-corrected chi connectivity index (χ2v) is 21.5. The topological polar surface area (TPSA) is 38.7 Å². The largest absolute Gasteiger partial charge is 0.403 e. The second kappa shape index (κ2) is 10.4. The Morgan fingerprint density at radius 1 is 0.939 bits per heavy atom. The zero-order valence-electron chi connectivity index (χ0n) is 21.3. The number of aliphatic hydroxyl groups is 1. The Morgan fingerprint density at radius 3 is 1.88 bits per heavy atom. The summed E-state index contributed by atoms with van der Waals surface area (Å²) in [6, 6.07) is 22.5. The van der Waals surface area contributed by atoms with Crippen molar-refractivity contribution >= 4 is 26.8 Å². The van der Waals surface area contributed by atoms with Crippen molar-refractivity contribution in [2.24, 2.45) is 11.8 Å². The Balaban J connectivity index is 1.96. The summed E-state index contributed by atoms with van der Waals surface area (Å²) in [5, 5.41) is 13.3. The van der Waals surface area contributed by atoms with Crippen LogP contribution in [0.1, 0.15) is 20.8 Å². The van der Waals surface area contributed by atoms with Gasteiger partial charge in [-0.1, -0.05) is 107 Å². The molecular formula is C28H42O3Si2. The van der Waals surface area contributed by atoms with E-state index in [9.17, 15) is 5.11 Å². The molecule has 5 heteroatoms. The highest BCUT2D eigenvalue weighted by Crippen LogP contribution is 2.45. The van der Waals surface area contributed by atoms with Crippen LogP contribution in [0.15, 0.2) is 73.3 Å². The highest BCUT2D eigenvalue weighted by atomic mass is 28.4. The van der Waals surface area contributed by atoms with E-state index in [1.165, 1.54) is 10.4 Å². The average Bonchev–Trinajstić information content (AvgIpc) is 2.76. The SMILES string of the molecule is C=C[C@H]1[C@@H](O)[C@@H](COCC[Si](C)(C)C)[C@@H]1O[Si](c1ccccc1)(c1ccccc1)C(C)(C)C. The molecule has 2 aromatic carbocycles. The first-order valence-corrected chi connectivity index (χ1v) is 17.8. The van der Waals surface area contributed by atoms with Gasteiger partial charge in [0.05, 0.1) is 18.8 Å². The van der Waals surface area contributed by atoms with Gasteiger partial charge in [-0.3, -0.25) is 0 Å². The summed E-state index contributed by atoms with van der Waals surface area (Å²) < 4.78 is 13.4. The lowest BCUT2D eigenvalue weighted by atomic mass is 9.69. The average molecular weight is 483 g/mol. The van der Waals surface area contributed by atoms with Crippen LogP contribution in [-0.2, 0) is 9.16 Å². The van der Waals surface area contributed by atoms with Gasteiger partial charge in [0.25, 0.3) is 8.32 Å². The molecule has 0 radical (unpaired) electrons. The van der Waals surface area contributed by atoms with E-state index in [0.29, 0.717) is 6.61 Å². The van der Waals surface area contributed by atoms with Crippen LogP contribution in [0, 0.1) is 11.8 Å². The van der Waals surface area contributed by atoms with Crippen LogP contribution in [0.25, 0.3) is 0 Å². The normalized spacial score (nSPS) is 23.7. The van der Waals surface area contributed by atoms with Crippen molar-refractivity contribution in [1.82, 2.24) is 0 Å². The van der Waals surface area contributed by atoms with E-state index < -0.39 is 22.5 Å². The summed E-state index contributed by atoms with van der Waals surface area (Å²) >= 11 is 0. The van der Waals surface area contributed by atoms with Gasteiger partial charge in [-0.05, 0) is 21.5 Å². The van der Waals surface area contributed by atoms with Gasteiger partial charge in [-0.25, -0.2) is 0 Å². The maximum absolute atomic E-state index is 10.9. The number of ether oxygens (including phenoxy) is 1. The van der Waals surface area contributed by atoms with Crippen LogP contribution >= 0.6 is 0 Å². The zero-order valence-corrected chi connectivity index (χ0v) is 23.3. The quantitative estimate of drug-likeness (QED) is 0.292.